The maximum atomic E-state index is 5.31. The minimum atomic E-state index is 0.488. The largest absolute Gasteiger partial charge is 0.469 e. The molecule has 0 radical (unpaired) electrons. The lowest BCUT2D eigenvalue weighted by molar-refractivity contribution is 0.387. The zero-order valence-corrected chi connectivity index (χ0v) is 9.39. The van der Waals surface area contributed by atoms with Crippen LogP contribution in [0.5, 0.6) is 0 Å². The fraction of sp³-hybridized carbons (Fsp3) is 0.500. The Labute approximate surface area is 94.3 Å². The van der Waals surface area contributed by atoms with Crippen LogP contribution < -0.4 is 0 Å². The molecular weight excluding hydrogens is 202 g/mol. The highest BCUT2D eigenvalue weighted by Crippen LogP contribution is 2.22. The SMILES string of the molecule is CC1CCCc2nc(Cc3ccco3)nn21. The van der Waals surface area contributed by atoms with E-state index in [-0.39, 0.29) is 0 Å². The highest BCUT2D eigenvalue weighted by Gasteiger charge is 2.19. The van der Waals surface area contributed by atoms with Crippen LogP contribution in [0.2, 0.25) is 0 Å². The maximum Gasteiger partial charge on any atom is 0.158 e. The summed E-state index contributed by atoms with van der Waals surface area (Å²) in [6.45, 7) is 2.20. The van der Waals surface area contributed by atoms with Gasteiger partial charge in [0.15, 0.2) is 5.82 Å². The minimum absolute atomic E-state index is 0.488. The third-order valence-corrected chi connectivity index (χ3v) is 3.10. The van der Waals surface area contributed by atoms with Crippen LogP contribution in [0.3, 0.4) is 0 Å². The standard InChI is InChI=1S/C12H15N3O/c1-9-4-2-6-12-13-11(14-15(9)12)8-10-5-3-7-16-10/h3,5,7,9H,2,4,6,8H2,1H3. The molecule has 2 aromatic heterocycles. The molecule has 2 aromatic rings. The van der Waals surface area contributed by atoms with Crippen molar-refractivity contribution in [2.45, 2.75) is 38.6 Å². The summed E-state index contributed by atoms with van der Waals surface area (Å²) in [5, 5.41) is 4.55. The first-order chi connectivity index (χ1) is 7.83. The summed E-state index contributed by atoms with van der Waals surface area (Å²) in [6.07, 6.45) is 5.86. The smallest absolute Gasteiger partial charge is 0.158 e. The van der Waals surface area contributed by atoms with Gasteiger partial charge in [0.05, 0.1) is 18.7 Å². The molecule has 1 aliphatic rings. The molecule has 0 bridgehead atoms. The summed E-state index contributed by atoms with van der Waals surface area (Å²) < 4.78 is 7.38. The maximum absolute atomic E-state index is 5.31. The molecule has 1 aliphatic heterocycles. The van der Waals surface area contributed by atoms with Crippen molar-refractivity contribution in [3.8, 4) is 0 Å². The zero-order chi connectivity index (χ0) is 11.0. The zero-order valence-electron chi connectivity index (χ0n) is 9.39. The molecule has 4 heteroatoms. The molecule has 4 nitrogen and oxygen atoms in total. The molecule has 3 rings (SSSR count). The van der Waals surface area contributed by atoms with E-state index in [2.05, 4.69) is 21.7 Å². The highest BCUT2D eigenvalue weighted by atomic mass is 16.3. The van der Waals surface area contributed by atoms with E-state index in [1.807, 2.05) is 12.1 Å². The first-order valence-corrected chi connectivity index (χ1v) is 5.79. The van der Waals surface area contributed by atoms with Gasteiger partial charge in [-0.2, -0.15) is 5.10 Å². The first kappa shape index (κ1) is 9.63. The van der Waals surface area contributed by atoms with Gasteiger partial charge in [-0.15, -0.1) is 0 Å². The lowest BCUT2D eigenvalue weighted by atomic mass is 10.1. The van der Waals surface area contributed by atoms with E-state index in [4.69, 9.17) is 4.42 Å². The number of fused-ring (bicyclic) bond motifs is 1. The molecule has 0 N–H and O–H groups in total. The highest BCUT2D eigenvalue weighted by molar-refractivity contribution is 5.07. The molecule has 16 heavy (non-hydrogen) atoms. The van der Waals surface area contributed by atoms with Crippen LogP contribution in [0.15, 0.2) is 22.8 Å². The Balaban J connectivity index is 1.87. The molecule has 84 valence electrons. The Kier molecular flexibility index (Phi) is 2.27. The Hall–Kier alpha value is -1.58. The van der Waals surface area contributed by atoms with Gasteiger partial charge in [-0.1, -0.05) is 0 Å². The van der Waals surface area contributed by atoms with Crippen molar-refractivity contribution < 1.29 is 4.42 Å². The van der Waals surface area contributed by atoms with Gasteiger partial charge in [-0.3, -0.25) is 0 Å². The van der Waals surface area contributed by atoms with E-state index in [0.717, 1.165) is 23.8 Å². The molecule has 0 spiro atoms. The van der Waals surface area contributed by atoms with E-state index >= 15 is 0 Å². The fourth-order valence-corrected chi connectivity index (χ4v) is 2.25. The Morgan fingerprint density at radius 3 is 3.25 bits per heavy atom. The van der Waals surface area contributed by atoms with Gasteiger partial charge in [-0.25, -0.2) is 9.67 Å². The fourth-order valence-electron chi connectivity index (χ4n) is 2.25. The van der Waals surface area contributed by atoms with Crippen molar-refractivity contribution in [1.29, 1.82) is 0 Å². The molecule has 1 unspecified atom stereocenters. The number of rotatable bonds is 2. The summed E-state index contributed by atoms with van der Waals surface area (Å²) >= 11 is 0. The monoisotopic (exact) mass is 217 g/mol. The van der Waals surface area contributed by atoms with Crippen molar-refractivity contribution in [3.63, 3.8) is 0 Å². The molecule has 0 fully saturated rings. The van der Waals surface area contributed by atoms with E-state index in [1.54, 1.807) is 6.26 Å². The predicted octanol–water partition coefficient (Wildman–Crippen LogP) is 2.36. The summed E-state index contributed by atoms with van der Waals surface area (Å²) in [6, 6.07) is 4.35. The van der Waals surface area contributed by atoms with Gasteiger partial charge in [0, 0.05) is 6.42 Å². The molecule has 0 aliphatic carbocycles. The first-order valence-electron chi connectivity index (χ1n) is 5.79. The van der Waals surface area contributed by atoms with Gasteiger partial charge in [0.2, 0.25) is 0 Å². The van der Waals surface area contributed by atoms with Crippen LogP contribution in [0.4, 0.5) is 0 Å². The van der Waals surface area contributed by atoms with Gasteiger partial charge >= 0.3 is 0 Å². The Morgan fingerprint density at radius 1 is 1.56 bits per heavy atom. The number of hydrogen-bond acceptors (Lipinski definition) is 3. The molecule has 0 aromatic carbocycles. The number of hydrogen-bond donors (Lipinski definition) is 0. The molecule has 0 saturated heterocycles. The van der Waals surface area contributed by atoms with Crippen molar-refractivity contribution in [2.75, 3.05) is 0 Å². The van der Waals surface area contributed by atoms with Gasteiger partial charge in [0.1, 0.15) is 11.6 Å². The van der Waals surface area contributed by atoms with Crippen LogP contribution in [0.25, 0.3) is 0 Å². The average Bonchev–Trinajstić information content (AvgIpc) is 2.88. The number of furan rings is 1. The van der Waals surface area contributed by atoms with Gasteiger partial charge in [0.25, 0.3) is 0 Å². The number of aromatic nitrogens is 3. The Bertz CT molecular complexity index is 472. The topological polar surface area (TPSA) is 43.9 Å². The average molecular weight is 217 g/mol. The lowest BCUT2D eigenvalue weighted by Crippen LogP contribution is -2.16. The number of nitrogens with zero attached hydrogens (tertiary/aromatic N) is 3. The predicted molar refractivity (Wildman–Crippen MR) is 59.2 cm³/mol. The summed E-state index contributed by atoms with van der Waals surface area (Å²) in [7, 11) is 0. The van der Waals surface area contributed by atoms with E-state index in [9.17, 15) is 0 Å². The van der Waals surface area contributed by atoms with Gasteiger partial charge < -0.3 is 4.42 Å². The van der Waals surface area contributed by atoms with Crippen molar-refractivity contribution in [3.05, 3.63) is 35.8 Å². The van der Waals surface area contributed by atoms with Crippen LogP contribution in [-0.4, -0.2) is 14.8 Å². The van der Waals surface area contributed by atoms with Crippen LogP contribution in [-0.2, 0) is 12.8 Å². The van der Waals surface area contributed by atoms with Crippen molar-refractivity contribution in [2.24, 2.45) is 0 Å². The number of aryl methyl sites for hydroxylation is 1. The third-order valence-electron chi connectivity index (χ3n) is 3.10. The quantitative estimate of drug-likeness (QED) is 0.775. The minimum Gasteiger partial charge on any atom is -0.469 e. The molecular formula is C12H15N3O. The van der Waals surface area contributed by atoms with Crippen LogP contribution in [0.1, 0.15) is 43.2 Å². The van der Waals surface area contributed by atoms with Crippen molar-refractivity contribution in [1.82, 2.24) is 14.8 Å². The molecule has 1 atom stereocenters. The molecule has 0 saturated carbocycles. The second kappa shape index (κ2) is 3.77. The van der Waals surface area contributed by atoms with E-state index < -0.39 is 0 Å². The summed E-state index contributed by atoms with van der Waals surface area (Å²) in [5.74, 6) is 2.93. The summed E-state index contributed by atoms with van der Waals surface area (Å²) in [5.41, 5.74) is 0. The Morgan fingerprint density at radius 2 is 2.50 bits per heavy atom. The lowest BCUT2D eigenvalue weighted by Gasteiger charge is -2.18. The second-order valence-corrected chi connectivity index (χ2v) is 4.39. The molecule has 0 amide bonds. The molecule has 3 heterocycles. The van der Waals surface area contributed by atoms with Crippen LogP contribution in [0, 0.1) is 0 Å². The normalized spacial score (nSPS) is 19.7. The van der Waals surface area contributed by atoms with Crippen LogP contribution >= 0.6 is 0 Å². The van der Waals surface area contributed by atoms with E-state index in [1.165, 1.54) is 12.8 Å². The van der Waals surface area contributed by atoms with Gasteiger partial charge in [-0.05, 0) is 31.9 Å². The summed E-state index contributed by atoms with van der Waals surface area (Å²) in [4.78, 5) is 4.57. The van der Waals surface area contributed by atoms with Crippen molar-refractivity contribution >= 4 is 0 Å². The second-order valence-electron chi connectivity index (χ2n) is 4.39. The van der Waals surface area contributed by atoms with E-state index in [0.29, 0.717) is 12.5 Å². The third kappa shape index (κ3) is 1.64.